The average Bonchev–Trinajstić information content (AvgIpc) is 2.26. The highest BCUT2D eigenvalue weighted by Crippen LogP contribution is 2.21. The van der Waals surface area contributed by atoms with Crippen molar-refractivity contribution in [1.29, 1.82) is 0 Å². The van der Waals surface area contributed by atoms with Gasteiger partial charge in [0, 0.05) is 4.47 Å². The molecule has 0 fully saturated rings. The van der Waals surface area contributed by atoms with E-state index in [1.807, 2.05) is 38.1 Å². The van der Waals surface area contributed by atoms with Crippen LogP contribution in [0.25, 0.3) is 0 Å². The molecule has 0 aliphatic carbocycles. The molecule has 0 unspecified atom stereocenters. The van der Waals surface area contributed by atoms with Gasteiger partial charge in [0.2, 0.25) is 0 Å². The molecule has 2 nitrogen and oxygen atoms in total. The van der Waals surface area contributed by atoms with Crippen LogP contribution in [0, 0.1) is 0 Å². The van der Waals surface area contributed by atoms with Gasteiger partial charge in [0.15, 0.2) is 9.84 Å². The van der Waals surface area contributed by atoms with Crippen LogP contribution in [0.1, 0.15) is 38.2 Å². The van der Waals surface area contributed by atoms with Crippen LogP contribution < -0.4 is 0 Å². The van der Waals surface area contributed by atoms with Crippen molar-refractivity contribution in [3.63, 3.8) is 0 Å². The highest BCUT2D eigenvalue weighted by molar-refractivity contribution is 9.10. The summed E-state index contributed by atoms with van der Waals surface area (Å²) in [6.07, 6.45) is 1.68. The van der Waals surface area contributed by atoms with Crippen LogP contribution in [0.3, 0.4) is 0 Å². The maximum Gasteiger partial charge on any atom is 0.150 e. The normalized spacial score (nSPS) is 13.6. The minimum absolute atomic E-state index is 0.0503. The van der Waals surface area contributed by atoms with Crippen molar-refractivity contribution in [1.82, 2.24) is 0 Å². The summed E-state index contributed by atoms with van der Waals surface area (Å²) in [5.74, 6) is 0.597. The molecule has 0 amide bonds. The number of hydrogen-bond acceptors (Lipinski definition) is 2. The van der Waals surface area contributed by atoms with E-state index in [9.17, 15) is 8.42 Å². The third kappa shape index (κ3) is 5.21. The predicted octanol–water partition coefficient (Wildman–Crippen LogP) is 3.77. The van der Waals surface area contributed by atoms with Crippen LogP contribution in [-0.2, 0) is 9.84 Å². The zero-order valence-electron chi connectivity index (χ0n) is 10.3. The number of rotatable bonds is 6. The summed E-state index contributed by atoms with van der Waals surface area (Å²) >= 11 is 3.40. The molecular weight excluding hydrogens is 300 g/mol. The van der Waals surface area contributed by atoms with Crippen molar-refractivity contribution in [2.45, 2.75) is 32.6 Å². The van der Waals surface area contributed by atoms with Gasteiger partial charge in [0.05, 0.1) is 11.5 Å². The van der Waals surface area contributed by atoms with Crippen LogP contribution >= 0.6 is 15.9 Å². The molecule has 1 rings (SSSR count). The molecule has 17 heavy (non-hydrogen) atoms. The van der Waals surface area contributed by atoms with E-state index in [1.54, 1.807) is 0 Å². The summed E-state index contributed by atoms with van der Waals surface area (Å²) in [4.78, 5) is 0. The van der Waals surface area contributed by atoms with Crippen molar-refractivity contribution in [2.24, 2.45) is 0 Å². The summed E-state index contributed by atoms with van der Waals surface area (Å²) < 4.78 is 24.7. The van der Waals surface area contributed by atoms with Crippen molar-refractivity contribution in [3.8, 4) is 0 Å². The third-order valence-corrected chi connectivity index (χ3v) is 5.14. The first kappa shape index (κ1) is 14.7. The topological polar surface area (TPSA) is 34.1 Å². The highest BCUT2D eigenvalue weighted by atomic mass is 79.9. The number of sulfone groups is 1. The Bertz CT molecular complexity index is 454. The smallest absolute Gasteiger partial charge is 0.150 e. The van der Waals surface area contributed by atoms with E-state index in [0.29, 0.717) is 5.75 Å². The minimum Gasteiger partial charge on any atom is -0.229 e. The molecular formula is C13H19BrO2S. The fourth-order valence-electron chi connectivity index (χ4n) is 1.74. The maximum absolute atomic E-state index is 11.8. The molecule has 1 aromatic rings. The van der Waals surface area contributed by atoms with Crippen molar-refractivity contribution in [3.05, 3.63) is 34.3 Å². The maximum atomic E-state index is 11.8. The first-order valence-electron chi connectivity index (χ1n) is 5.90. The van der Waals surface area contributed by atoms with E-state index in [4.69, 9.17) is 0 Å². The fraction of sp³-hybridized carbons (Fsp3) is 0.538. The number of benzene rings is 1. The highest BCUT2D eigenvalue weighted by Gasteiger charge is 2.16. The van der Waals surface area contributed by atoms with E-state index in [-0.39, 0.29) is 11.7 Å². The first-order chi connectivity index (χ1) is 7.94. The van der Waals surface area contributed by atoms with Gasteiger partial charge in [-0.05, 0) is 30.0 Å². The van der Waals surface area contributed by atoms with E-state index in [1.165, 1.54) is 0 Å². The van der Waals surface area contributed by atoms with Gasteiger partial charge in [0.1, 0.15) is 0 Å². The molecule has 1 atom stereocenters. The molecule has 96 valence electrons. The summed E-state index contributed by atoms with van der Waals surface area (Å²) in [7, 11) is -2.92. The lowest BCUT2D eigenvalue weighted by molar-refractivity contribution is 0.587. The van der Waals surface area contributed by atoms with Gasteiger partial charge >= 0.3 is 0 Å². The van der Waals surface area contributed by atoms with Crippen LogP contribution in [0.5, 0.6) is 0 Å². The van der Waals surface area contributed by atoms with E-state index >= 15 is 0 Å². The standard InChI is InChI=1S/C13H19BrO2S/c1-3-4-8-17(15,16)10-11(2)12-6-5-7-13(14)9-12/h5-7,9,11H,3-4,8,10H2,1-2H3/t11-/m0/s1. The second-order valence-electron chi connectivity index (χ2n) is 4.42. The summed E-state index contributed by atoms with van der Waals surface area (Å²) in [5, 5.41) is 0. The van der Waals surface area contributed by atoms with Crippen LogP contribution in [-0.4, -0.2) is 19.9 Å². The zero-order chi connectivity index (χ0) is 12.9. The summed E-state index contributed by atoms with van der Waals surface area (Å²) in [5.41, 5.74) is 1.07. The van der Waals surface area contributed by atoms with Crippen LogP contribution in [0.4, 0.5) is 0 Å². The minimum atomic E-state index is -2.92. The lowest BCUT2D eigenvalue weighted by atomic mass is 10.0. The molecule has 4 heteroatoms. The van der Waals surface area contributed by atoms with Gasteiger partial charge in [-0.1, -0.05) is 48.3 Å². The monoisotopic (exact) mass is 318 g/mol. The first-order valence-corrected chi connectivity index (χ1v) is 8.52. The molecule has 0 radical (unpaired) electrons. The largest absolute Gasteiger partial charge is 0.229 e. The van der Waals surface area contributed by atoms with Gasteiger partial charge in [-0.25, -0.2) is 8.42 Å². The molecule has 0 saturated carbocycles. The third-order valence-electron chi connectivity index (χ3n) is 2.73. The Kier molecular flexibility index (Phi) is 5.67. The Morgan fingerprint density at radius 2 is 2.06 bits per heavy atom. The fourth-order valence-corrected chi connectivity index (χ4v) is 4.00. The molecule has 0 spiro atoms. The summed E-state index contributed by atoms with van der Waals surface area (Å²) in [6, 6.07) is 7.85. The molecule has 0 N–H and O–H groups in total. The Labute approximate surface area is 112 Å². The lowest BCUT2D eigenvalue weighted by Gasteiger charge is -2.12. The lowest BCUT2D eigenvalue weighted by Crippen LogP contribution is -2.16. The van der Waals surface area contributed by atoms with E-state index < -0.39 is 9.84 Å². The quantitative estimate of drug-likeness (QED) is 0.800. The molecule has 0 saturated heterocycles. The zero-order valence-corrected chi connectivity index (χ0v) is 12.7. The van der Waals surface area contributed by atoms with E-state index in [0.717, 1.165) is 22.9 Å². The van der Waals surface area contributed by atoms with Crippen molar-refractivity contribution >= 4 is 25.8 Å². The SMILES string of the molecule is CCCCS(=O)(=O)C[C@H](C)c1cccc(Br)c1. The Balaban J connectivity index is 2.69. The number of unbranched alkanes of at least 4 members (excludes halogenated alkanes) is 1. The van der Waals surface area contributed by atoms with Crippen molar-refractivity contribution < 1.29 is 8.42 Å². The van der Waals surface area contributed by atoms with Crippen molar-refractivity contribution in [2.75, 3.05) is 11.5 Å². The molecule has 0 bridgehead atoms. The molecule has 0 aromatic heterocycles. The Morgan fingerprint density at radius 1 is 1.35 bits per heavy atom. The Hall–Kier alpha value is -0.350. The molecule has 0 aliphatic rings. The van der Waals surface area contributed by atoms with Gasteiger partial charge in [-0.3, -0.25) is 0 Å². The molecule has 0 aliphatic heterocycles. The van der Waals surface area contributed by atoms with Gasteiger partial charge in [0.25, 0.3) is 0 Å². The second-order valence-corrected chi connectivity index (χ2v) is 7.57. The van der Waals surface area contributed by atoms with Crippen LogP contribution in [0.2, 0.25) is 0 Å². The number of hydrogen-bond donors (Lipinski definition) is 0. The van der Waals surface area contributed by atoms with Gasteiger partial charge < -0.3 is 0 Å². The van der Waals surface area contributed by atoms with Gasteiger partial charge in [-0.15, -0.1) is 0 Å². The van der Waals surface area contributed by atoms with Crippen LogP contribution in [0.15, 0.2) is 28.7 Å². The average molecular weight is 319 g/mol. The van der Waals surface area contributed by atoms with E-state index in [2.05, 4.69) is 15.9 Å². The second kappa shape index (κ2) is 6.55. The predicted molar refractivity (Wildman–Crippen MR) is 76.1 cm³/mol. The summed E-state index contributed by atoms with van der Waals surface area (Å²) in [6.45, 7) is 3.97. The molecule has 0 heterocycles. The van der Waals surface area contributed by atoms with Gasteiger partial charge in [-0.2, -0.15) is 0 Å². The molecule has 1 aromatic carbocycles. The Morgan fingerprint density at radius 3 is 2.65 bits per heavy atom. The number of halogens is 1.